The Hall–Kier alpha value is -1.59. The van der Waals surface area contributed by atoms with Crippen LogP contribution in [0.15, 0.2) is 41.2 Å². The van der Waals surface area contributed by atoms with Crippen LogP contribution in [0.5, 0.6) is 0 Å². The number of ether oxygens (including phenoxy) is 1. The molecule has 2 unspecified atom stereocenters. The summed E-state index contributed by atoms with van der Waals surface area (Å²) in [7, 11) is 0. The predicted octanol–water partition coefficient (Wildman–Crippen LogP) is 4.11. The number of esters is 1. The molecule has 1 aromatic heterocycles. The molecule has 1 heterocycles. The molecule has 0 aliphatic heterocycles. The van der Waals surface area contributed by atoms with Crippen LogP contribution in [0, 0.1) is 11.8 Å². The van der Waals surface area contributed by atoms with Crippen molar-refractivity contribution >= 4 is 29.1 Å². The molecule has 1 fully saturated rings. The monoisotopic (exact) mass is 365 g/mol. The fourth-order valence-electron chi connectivity index (χ4n) is 3.26. The van der Waals surface area contributed by atoms with Gasteiger partial charge in [0.25, 0.3) is 5.56 Å². The Kier molecular flexibility index (Phi) is 5.74. The summed E-state index contributed by atoms with van der Waals surface area (Å²) in [5.41, 5.74) is 0.895. The first-order valence-electron chi connectivity index (χ1n) is 8.20. The second-order valence-corrected chi connectivity index (χ2v) is 7.88. The zero-order valence-electron chi connectivity index (χ0n) is 13.3. The van der Waals surface area contributed by atoms with E-state index >= 15 is 0 Å². The maximum Gasteiger partial charge on any atom is 0.309 e. The van der Waals surface area contributed by atoms with E-state index in [9.17, 15) is 9.59 Å². The molecule has 0 amide bonds. The van der Waals surface area contributed by atoms with Gasteiger partial charge in [-0.05, 0) is 35.9 Å². The number of hydrogen-bond acceptors (Lipinski definition) is 4. The van der Waals surface area contributed by atoms with Crippen LogP contribution in [0.1, 0.15) is 31.2 Å². The van der Waals surface area contributed by atoms with Gasteiger partial charge in [-0.1, -0.05) is 54.8 Å². The number of aromatic nitrogens is 1. The molecule has 1 aliphatic carbocycles. The number of benzene rings is 1. The lowest BCUT2D eigenvalue weighted by atomic mass is 9.79. The van der Waals surface area contributed by atoms with Gasteiger partial charge in [-0.25, -0.2) is 0 Å². The largest absolute Gasteiger partial charge is 0.461 e. The first-order valence-corrected chi connectivity index (χ1v) is 9.36. The average molecular weight is 366 g/mol. The van der Waals surface area contributed by atoms with E-state index in [0.717, 1.165) is 31.2 Å². The standard InChI is InChI=1S/C18H20ClNO3S/c19-16-10-17(21)20(24-16)11-14-8-4-5-9-15(14)18(22)23-12-13-6-2-1-3-7-13/h1-3,6-7,10,14-15H,4-5,8-9,11-12H2. The highest BCUT2D eigenvalue weighted by atomic mass is 35.5. The summed E-state index contributed by atoms with van der Waals surface area (Å²) in [6.07, 6.45) is 3.88. The van der Waals surface area contributed by atoms with Gasteiger partial charge in [0.05, 0.1) is 5.92 Å². The van der Waals surface area contributed by atoms with E-state index in [0.29, 0.717) is 17.5 Å². The molecule has 0 bridgehead atoms. The van der Waals surface area contributed by atoms with E-state index in [2.05, 4.69) is 0 Å². The third-order valence-corrected chi connectivity index (χ3v) is 5.67. The lowest BCUT2D eigenvalue weighted by Gasteiger charge is -2.29. The minimum Gasteiger partial charge on any atom is -0.461 e. The SMILES string of the molecule is O=C(OCc1ccccc1)C1CCCCC1Cn1sc(Cl)cc1=O. The zero-order chi connectivity index (χ0) is 16.9. The number of carbonyl (C=O) groups excluding carboxylic acids is 1. The van der Waals surface area contributed by atoms with Crippen LogP contribution in [0.3, 0.4) is 0 Å². The van der Waals surface area contributed by atoms with Gasteiger partial charge in [0.2, 0.25) is 0 Å². The number of carbonyl (C=O) groups is 1. The average Bonchev–Trinajstić information content (AvgIpc) is 2.91. The van der Waals surface area contributed by atoms with Crippen molar-refractivity contribution in [3.63, 3.8) is 0 Å². The molecule has 1 saturated carbocycles. The number of hydrogen-bond donors (Lipinski definition) is 0. The van der Waals surface area contributed by atoms with Gasteiger partial charge in [-0.2, -0.15) is 0 Å². The number of rotatable bonds is 5. The minimum absolute atomic E-state index is 0.0908. The number of nitrogens with zero attached hydrogens (tertiary/aromatic N) is 1. The quantitative estimate of drug-likeness (QED) is 0.749. The van der Waals surface area contributed by atoms with Crippen molar-refractivity contribution in [3.8, 4) is 0 Å². The lowest BCUT2D eigenvalue weighted by Crippen LogP contribution is -2.33. The third kappa shape index (κ3) is 4.28. The van der Waals surface area contributed by atoms with Gasteiger partial charge >= 0.3 is 5.97 Å². The predicted molar refractivity (Wildman–Crippen MR) is 95.3 cm³/mol. The van der Waals surface area contributed by atoms with Gasteiger partial charge in [0.1, 0.15) is 10.9 Å². The first-order chi connectivity index (χ1) is 11.6. The van der Waals surface area contributed by atoms with Crippen molar-refractivity contribution < 1.29 is 9.53 Å². The van der Waals surface area contributed by atoms with Gasteiger partial charge < -0.3 is 4.74 Å². The molecular formula is C18H20ClNO3S. The van der Waals surface area contributed by atoms with E-state index in [1.54, 1.807) is 3.96 Å². The molecule has 4 nitrogen and oxygen atoms in total. The molecule has 1 aliphatic rings. The lowest BCUT2D eigenvalue weighted by molar-refractivity contribution is -0.153. The summed E-state index contributed by atoms with van der Waals surface area (Å²) >= 11 is 7.16. The van der Waals surface area contributed by atoms with Gasteiger partial charge in [0.15, 0.2) is 0 Å². The van der Waals surface area contributed by atoms with Crippen LogP contribution in [0.4, 0.5) is 0 Å². The van der Waals surface area contributed by atoms with Crippen molar-refractivity contribution in [1.82, 2.24) is 3.96 Å². The Morgan fingerprint density at radius 3 is 2.71 bits per heavy atom. The summed E-state index contributed by atoms with van der Waals surface area (Å²) in [6.45, 7) is 0.842. The van der Waals surface area contributed by atoms with E-state index < -0.39 is 0 Å². The van der Waals surface area contributed by atoms with Gasteiger partial charge in [-0.3, -0.25) is 13.5 Å². The molecular weight excluding hydrogens is 346 g/mol. The summed E-state index contributed by atoms with van der Waals surface area (Å²) < 4.78 is 7.66. The highest BCUT2D eigenvalue weighted by Crippen LogP contribution is 2.33. The van der Waals surface area contributed by atoms with Crippen molar-refractivity contribution in [1.29, 1.82) is 0 Å². The summed E-state index contributed by atoms with van der Waals surface area (Å²) in [5, 5.41) is 0. The summed E-state index contributed by atoms with van der Waals surface area (Å²) in [5.74, 6) is -0.163. The Morgan fingerprint density at radius 1 is 1.25 bits per heavy atom. The van der Waals surface area contributed by atoms with Crippen LogP contribution >= 0.6 is 23.1 Å². The molecule has 2 atom stereocenters. The molecule has 0 radical (unpaired) electrons. The molecule has 0 spiro atoms. The molecule has 0 saturated heterocycles. The van der Waals surface area contributed by atoms with Crippen LogP contribution < -0.4 is 5.56 Å². The first kappa shape index (κ1) is 17.2. The molecule has 0 N–H and O–H groups in total. The molecule has 1 aromatic carbocycles. The smallest absolute Gasteiger partial charge is 0.309 e. The summed E-state index contributed by atoms with van der Waals surface area (Å²) in [6, 6.07) is 11.1. The highest BCUT2D eigenvalue weighted by molar-refractivity contribution is 7.11. The van der Waals surface area contributed by atoms with Crippen LogP contribution in [0.25, 0.3) is 0 Å². The Bertz CT molecular complexity index is 740. The Balaban J connectivity index is 1.64. The van der Waals surface area contributed by atoms with Crippen molar-refractivity contribution in [2.45, 2.75) is 38.8 Å². The van der Waals surface area contributed by atoms with E-state index in [4.69, 9.17) is 16.3 Å². The van der Waals surface area contributed by atoms with Crippen LogP contribution in [0.2, 0.25) is 4.34 Å². The fourth-order valence-corrected chi connectivity index (χ4v) is 4.37. The second kappa shape index (κ2) is 7.99. The van der Waals surface area contributed by atoms with Gasteiger partial charge in [-0.15, -0.1) is 0 Å². The zero-order valence-corrected chi connectivity index (χ0v) is 14.9. The molecule has 3 rings (SSSR count). The van der Waals surface area contributed by atoms with Crippen molar-refractivity contribution in [2.75, 3.05) is 0 Å². The topological polar surface area (TPSA) is 48.3 Å². The van der Waals surface area contributed by atoms with Crippen LogP contribution in [-0.4, -0.2) is 9.93 Å². The number of halogens is 1. The van der Waals surface area contributed by atoms with Crippen molar-refractivity contribution in [2.24, 2.45) is 11.8 Å². The summed E-state index contributed by atoms with van der Waals surface area (Å²) in [4.78, 5) is 24.4. The van der Waals surface area contributed by atoms with E-state index in [1.165, 1.54) is 17.6 Å². The molecule has 2 aromatic rings. The van der Waals surface area contributed by atoms with E-state index in [1.807, 2.05) is 30.3 Å². The maximum absolute atomic E-state index is 12.5. The highest BCUT2D eigenvalue weighted by Gasteiger charge is 2.32. The normalized spacial score (nSPS) is 20.7. The molecule has 24 heavy (non-hydrogen) atoms. The second-order valence-electron chi connectivity index (χ2n) is 6.18. The van der Waals surface area contributed by atoms with Crippen LogP contribution in [-0.2, 0) is 22.7 Å². The third-order valence-electron chi connectivity index (χ3n) is 4.52. The molecule has 6 heteroatoms. The Labute approximate surface area is 150 Å². The molecule has 128 valence electrons. The Morgan fingerprint density at radius 2 is 2.00 bits per heavy atom. The van der Waals surface area contributed by atoms with Gasteiger partial charge in [0, 0.05) is 12.6 Å². The minimum atomic E-state index is -0.153. The fraction of sp³-hybridized carbons (Fsp3) is 0.444. The maximum atomic E-state index is 12.5. The van der Waals surface area contributed by atoms with E-state index in [-0.39, 0.29) is 23.4 Å². The van der Waals surface area contributed by atoms with Crippen molar-refractivity contribution in [3.05, 3.63) is 56.7 Å².